The molecule has 0 bridgehead atoms. The van der Waals surface area contributed by atoms with E-state index < -0.39 is 5.97 Å². The number of nitriles is 1. The van der Waals surface area contributed by atoms with Gasteiger partial charge in [-0.15, -0.1) is 5.10 Å². The predicted molar refractivity (Wildman–Crippen MR) is 111 cm³/mol. The number of hydrogen-bond donors (Lipinski definition) is 0. The molecule has 2 aromatic heterocycles. The molecule has 0 aliphatic carbocycles. The SMILES string of the molecule is Cc1nn(-c2ccccc2)c(COC(=O)CCn2nnc3ccccc3c2=O)c1C#N. The Kier molecular flexibility index (Phi) is 5.53. The molecule has 0 radical (unpaired) electrons. The van der Waals surface area contributed by atoms with Gasteiger partial charge in [-0.05, 0) is 31.2 Å². The molecule has 2 aromatic carbocycles. The number of nitrogens with zero attached hydrogens (tertiary/aromatic N) is 6. The second-order valence-electron chi connectivity index (χ2n) is 6.81. The number of rotatable bonds is 6. The summed E-state index contributed by atoms with van der Waals surface area (Å²) < 4.78 is 8.12. The van der Waals surface area contributed by atoms with Crippen LogP contribution < -0.4 is 5.56 Å². The van der Waals surface area contributed by atoms with E-state index in [4.69, 9.17) is 4.74 Å². The Bertz CT molecular complexity index is 1350. The standard InChI is InChI=1S/C22H18N6O3/c1-15-18(13-23)20(28(25-15)16-7-3-2-4-8-16)14-31-21(29)11-12-27-22(30)17-9-5-6-10-19(17)24-26-27/h2-10H,11-12,14H2,1H3. The van der Waals surface area contributed by atoms with Crippen molar-refractivity contribution in [2.45, 2.75) is 26.5 Å². The van der Waals surface area contributed by atoms with Crippen molar-refractivity contribution in [1.29, 1.82) is 5.26 Å². The van der Waals surface area contributed by atoms with Gasteiger partial charge in [-0.1, -0.05) is 35.5 Å². The predicted octanol–water partition coefficient (Wildman–Crippen LogP) is 2.29. The van der Waals surface area contributed by atoms with E-state index in [9.17, 15) is 14.9 Å². The number of para-hydroxylation sites is 1. The number of esters is 1. The molecule has 0 saturated heterocycles. The molecule has 2 heterocycles. The summed E-state index contributed by atoms with van der Waals surface area (Å²) in [5, 5.41) is 22.2. The minimum atomic E-state index is -0.524. The van der Waals surface area contributed by atoms with E-state index in [0.29, 0.717) is 27.9 Å². The number of benzene rings is 2. The Hall–Kier alpha value is -4.32. The van der Waals surface area contributed by atoms with E-state index in [1.807, 2.05) is 30.3 Å². The lowest BCUT2D eigenvalue weighted by molar-refractivity contribution is -0.145. The van der Waals surface area contributed by atoms with Crippen molar-refractivity contribution in [2.24, 2.45) is 0 Å². The summed E-state index contributed by atoms with van der Waals surface area (Å²) in [6, 6.07) is 18.3. The van der Waals surface area contributed by atoms with Gasteiger partial charge in [0.15, 0.2) is 0 Å². The first-order valence-corrected chi connectivity index (χ1v) is 9.60. The second-order valence-corrected chi connectivity index (χ2v) is 6.81. The molecule has 0 aliphatic heterocycles. The summed E-state index contributed by atoms with van der Waals surface area (Å²) in [6.45, 7) is 1.65. The number of aromatic nitrogens is 5. The number of ether oxygens (including phenoxy) is 1. The maximum absolute atomic E-state index is 12.5. The van der Waals surface area contributed by atoms with Crippen LogP contribution in [0.1, 0.15) is 23.4 Å². The zero-order valence-electron chi connectivity index (χ0n) is 16.7. The quantitative estimate of drug-likeness (QED) is 0.445. The molecule has 0 fully saturated rings. The average Bonchev–Trinajstić information content (AvgIpc) is 3.13. The lowest BCUT2D eigenvalue weighted by Crippen LogP contribution is -2.25. The van der Waals surface area contributed by atoms with E-state index in [-0.39, 0.29) is 25.1 Å². The zero-order chi connectivity index (χ0) is 21.8. The van der Waals surface area contributed by atoms with Gasteiger partial charge < -0.3 is 4.74 Å². The second kappa shape index (κ2) is 8.59. The average molecular weight is 414 g/mol. The van der Waals surface area contributed by atoms with E-state index in [1.54, 1.807) is 35.9 Å². The van der Waals surface area contributed by atoms with Crippen molar-refractivity contribution in [3.8, 4) is 11.8 Å². The number of carbonyl (C=O) groups is 1. The van der Waals surface area contributed by atoms with Gasteiger partial charge in [-0.2, -0.15) is 10.4 Å². The van der Waals surface area contributed by atoms with Crippen LogP contribution in [0.25, 0.3) is 16.6 Å². The molecule has 0 aliphatic rings. The van der Waals surface area contributed by atoms with Gasteiger partial charge in [0.1, 0.15) is 23.8 Å². The fraction of sp³-hybridized carbons (Fsp3) is 0.182. The third-order valence-corrected chi connectivity index (χ3v) is 4.80. The lowest BCUT2D eigenvalue weighted by atomic mass is 10.2. The maximum atomic E-state index is 12.5. The van der Waals surface area contributed by atoms with Crippen molar-refractivity contribution in [3.63, 3.8) is 0 Å². The van der Waals surface area contributed by atoms with E-state index in [2.05, 4.69) is 21.5 Å². The number of aryl methyl sites for hydroxylation is 2. The first-order chi connectivity index (χ1) is 15.1. The lowest BCUT2D eigenvalue weighted by Gasteiger charge is -2.09. The van der Waals surface area contributed by atoms with Crippen molar-refractivity contribution in [2.75, 3.05) is 0 Å². The van der Waals surface area contributed by atoms with Crippen LogP contribution >= 0.6 is 0 Å². The minimum absolute atomic E-state index is 0.0393. The Morgan fingerprint density at radius 3 is 2.65 bits per heavy atom. The summed E-state index contributed by atoms with van der Waals surface area (Å²) in [5.74, 6) is -0.524. The largest absolute Gasteiger partial charge is 0.459 e. The van der Waals surface area contributed by atoms with Crippen LogP contribution in [-0.4, -0.2) is 30.7 Å². The molecule has 0 saturated carbocycles. The fourth-order valence-electron chi connectivity index (χ4n) is 3.22. The first-order valence-electron chi connectivity index (χ1n) is 9.60. The van der Waals surface area contributed by atoms with Crippen molar-refractivity contribution >= 4 is 16.9 Å². The maximum Gasteiger partial charge on any atom is 0.308 e. The molecule has 31 heavy (non-hydrogen) atoms. The summed E-state index contributed by atoms with van der Waals surface area (Å²) in [7, 11) is 0. The molecule has 0 N–H and O–H groups in total. The molecular formula is C22H18N6O3. The smallest absolute Gasteiger partial charge is 0.308 e. The van der Waals surface area contributed by atoms with Crippen LogP contribution in [0, 0.1) is 18.3 Å². The Morgan fingerprint density at radius 2 is 1.87 bits per heavy atom. The molecule has 9 nitrogen and oxygen atoms in total. The Labute approximate surface area is 177 Å². The zero-order valence-corrected chi connectivity index (χ0v) is 16.7. The highest BCUT2D eigenvalue weighted by Crippen LogP contribution is 2.19. The molecule has 0 amide bonds. The summed E-state index contributed by atoms with van der Waals surface area (Å²) in [5.41, 5.74) is 2.35. The van der Waals surface area contributed by atoms with E-state index in [1.165, 1.54) is 0 Å². The molecule has 154 valence electrons. The molecular weight excluding hydrogens is 396 g/mol. The minimum Gasteiger partial charge on any atom is -0.459 e. The topological polar surface area (TPSA) is 116 Å². The number of carbonyl (C=O) groups excluding carboxylic acids is 1. The van der Waals surface area contributed by atoms with Gasteiger partial charge in [0.25, 0.3) is 5.56 Å². The normalized spacial score (nSPS) is 10.7. The van der Waals surface area contributed by atoms with Gasteiger partial charge in [-0.3, -0.25) is 9.59 Å². The van der Waals surface area contributed by atoms with Crippen LogP contribution in [0.5, 0.6) is 0 Å². The van der Waals surface area contributed by atoms with E-state index >= 15 is 0 Å². The molecule has 4 rings (SSSR count). The molecule has 0 unspecified atom stereocenters. The van der Waals surface area contributed by atoms with Crippen LogP contribution in [0.3, 0.4) is 0 Å². The number of hydrogen-bond acceptors (Lipinski definition) is 7. The van der Waals surface area contributed by atoms with Gasteiger partial charge in [0.05, 0.1) is 35.4 Å². The Morgan fingerprint density at radius 1 is 1.13 bits per heavy atom. The highest BCUT2D eigenvalue weighted by molar-refractivity contribution is 5.76. The Balaban J connectivity index is 1.47. The van der Waals surface area contributed by atoms with Crippen LogP contribution in [0.4, 0.5) is 0 Å². The van der Waals surface area contributed by atoms with Crippen molar-refractivity contribution < 1.29 is 9.53 Å². The van der Waals surface area contributed by atoms with Gasteiger partial charge in [0, 0.05) is 0 Å². The third kappa shape index (κ3) is 4.04. The van der Waals surface area contributed by atoms with Gasteiger partial charge in [-0.25, -0.2) is 9.36 Å². The van der Waals surface area contributed by atoms with Crippen LogP contribution in [0.2, 0.25) is 0 Å². The molecule has 0 atom stereocenters. The first kappa shape index (κ1) is 20.0. The van der Waals surface area contributed by atoms with Crippen molar-refractivity contribution in [3.05, 3.63) is 81.9 Å². The molecule has 0 spiro atoms. The summed E-state index contributed by atoms with van der Waals surface area (Å²) in [6.07, 6.45) is -0.0622. The monoisotopic (exact) mass is 414 g/mol. The van der Waals surface area contributed by atoms with Crippen LogP contribution in [0.15, 0.2) is 59.4 Å². The fourth-order valence-corrected chi connectivity index (χ4v) is 3.22. The molecule has 4 aromatic rings. The van der Waals surface area contributed by atoms with Crippen LogP contribution in [-0.2, 0) is 22.7 Å². The van der Waals surface area contributed by atoms with Gasteiger partial charge >= 0.3 is 5.97 Å². The van der Waals surface area contributed by atoms with Crippen molar-refractivity contribution in [1.82, 2.24) is 24.8 Å². The van der Waals surface area contributed by atoms with E-state index in [0.717, 1.165) is 10.4 Å². The number of fused-ring (bicyclic) bond motifs is 1. The molecule has 9 heteroatoms. The highest BCUT2D eigenvalue weighted by atomic mass is 16.5. The summed E-state index contributed by atoms with van der Waals surface area (Å²) >= 11 is 0. The highest BCUT2D eigenvalue weighted by Gasteiger charge is 2.18. The summed E-state index contributed by atoms with van der Waals surface area (Å²) in [4.78, 5) is 24.8. The van der Waals surface area contributed by atoms with Gasteiger partial charge in [0.2, 0.25) is 0 Å². The third-order valence-electron chi connectivity index (χ3n) is 4.80.